The molecule has 0 aromatic heterocycles. The molecule has 1 unspecified atom stereocenters. The minimum atomic E-state index is -0.405. The topological polar surface area (TPSA) is 41.9 Å². The zero-order valence-corrected chi connectivity index (χ0v) is 12.9. The molecule has 3 rings (SSSR count). The van der Waals surface area contributed by atoms with Gasteiger partial charge in [0.15, 0.2) is 0 Å². The Hall–Kier alpha value is -1.35. The summed E-state index contributed by atoms with van der Waals surface area (Å²) in [5.41, 5.74) is 0.579. The Labute approximate surface area is 129 Å². The molecular weight excluding hydrogens is 288 g/mol. The normalized spacial score (nSPS) is 24.2. The molecule has 1 saturated heterocycles. The van der Waals surface area contributed by atoms with E-state index < -0.39 is 5.54 Å². The van der Waals surface area contributed by atoms with Gasteiger partial charge in [-0.1, -0.05) is 17.7 Å². The van der Waals surface area contributed by atoms with Crippen LogP contribution in [0.5, 0.6) is 5.75 Å². The van der Waals surface area contributed by atoms with Crippen molar-refractivity contribution in [1.29, 1.82) is 0 Å². The van der Waals surface area contributed by atoms with Gasteiger partial charge in [-0.25, -0.2) is 4.79 Å². The van der Waals surface area contributed by atoms with Gasteiger partial charge in [0.2, 0.25) is 6.08 Å². The molecule has 0 radical (unpaired) electrons. The summed E-state index contributed by atoms with van der Waals surface area (Å²) in [5.74, 6) is 0.713. The van der Waals surface area contributed by atoms with E-state index in [1.807, 2.05) is 18.2 Å². The number of aliphatic imine (C=N–C) groups is 1. The molecule has 1 aliphatic carbocycles. The Morgan fingerprint density at radius 3 is 2.81 bits per heavy atom. The summed E-state index contributed by atoms with van der Waals surface area (Å²) in [6, 6.07) is 5.76. The lowest BCUT2D eigenvalue weighted by Crippen LogP contribution is -2.31. The van der Waals surface area contributed by atoms with E-state index in [2.05, 4.69) is 16.9 Å². The van der Waals surface area contributed by atoms with Crippen LogP contribution in [0.4, 0.5) is 0 Å². The molecule has 1 aromatic carbocycles. The van der Waals surface area contributed by atoms with Gasteiger partial charge in [-0.05, 0) is 50.4 Å². The number of isocyanates is 1. The molecule has 0 amide bonds. The first-order chi connectivity index (χ1) is 10.1. The molecule has 0 N–H and O–H groups in total. The van der Waals surface area contributed by atoms with Gasteiger partial charge >= 0.3 is 0 Å². The summed E-state index contributed by atoms with van der Waals surface area (Å²) in [7, 11) is 2.09. The van der Waals surface area contributed by atoms with E-state index in [1.54, 1.807) is 6.08 Å². The maximum atomic E-state index is 10.6. The van der Waals surface area contributed by atoms with Crippen LogP contribution in [0.2, 0.25) is 5.02 Å². The highest BCUT2D eigenvalue weighted by molar-refractivity contribution is 6.32. The van der Waals surface area contributed by atoms with E-state index in [-0.39, 0.29) is 6.10 Å². The third-order valence-electron chi connectivity index (χ3n) is 4.55. The van der Waals surface area contributed by atoms with Crippen molar-refractivity contribution in [2.45, 2.75) is 37.3 Å². The average Bonchev–Trinajstić information content (AvgIpc) is 2.82. The van der Waals surface area contributed by atoms with E-state index in [0.29, 0.717) is 10.8 Å². The summed E-state index contributed by atoms with van der Waals surface area (Å²) in [6.07, 6.45) is 5.76. The maximum absolute atomic E-state index is 10.6. The number of ether oxygens (including phenoxy) is 1. The number of hydrogen-bond donors (Lipinski definition) is 0. The SMILES string of the molecule is CN1CCC(Oc2ccc(C3(N=C=O)CCC3)cc2Cl)C1. The van der Waals surface area contributed by atoms with Crippen LogP contribution < -0.4 is 4.74 Å². The van der Waals surface area contributed by atoms with Gasteiger partial charge in [0.05, 0.1) is 10.6 Å². The van der Waals surface area contributed by atoms with Crippen LogP contribution in [0.1, 0.15) is 31.2 Å². The predicted molar refractivity (Wildman–Crippen MR) is 81.6 cm³/mol. The zero-order chi connectivity index (χ0) is 14.9. The maximum Gasteiger partial charge on any atom is 0.235 e. The highest BCUT2D eigenvalue weighted by Crippen LogP contribution is 2.46. The lowest BCUT2D eigenvalue weighted by Gasteiger charge is -2.37. The van der Waals surface area contributed by atoms with E-state index in [0.717, 1.165) is 44.3 Å². The molecule has 0 spiro atoms. The third-order valence-corrected chi connectivity index (χ3v) is 4.85. The second kappa shape index (κ2) is 5.80. The lowest BCUT2D eigenvalue weighted by molar-refractivity contribution is 0.207. The lowest BCUT2D eigenvalue weighted by atomic mass is 9.72. The molecule has 1 atom stereocenters. The van der Waals surface area contributed by atoms with Gasteiger partial charge in [-0.15, -0.1) is 0 Å². The third kappa shape index (κ3) is 2.84. The Morgan fingerprint density at radius 2 is 2.29 bits per heavy atom. The summed E-state index contributed by atoms with van der Waals surface area (Å²) >= 11 is 6.35. The first kappa shape index (κ1) is 14.6. The average molecular weight is 307 g/mol. The van der Waals surface area contributed by atoms with Gasteiger partial charge < -0.3 is 9.64 Å². The van der Waals surface area contributed by atoms with Gasteiger partial charge in [-0.2, -0.15) is 4.99 Å². The van der Waals surface area contributed by atoms with Crippen LogP contribution >= 0.6 is 11.6 Å². The Balaban J connectivity index is 1.78. The standard InChI is InChI=1S/C16H19ClN2O2/c1-19-8-5-13(10-19)21-15-4-3-12(9-14(15)17)16(18-11-20)6-2-7-16/h3-4,9,13H,2,5-8,10H2,1H3. The number of halogens is 1. The summed E-state index contributed by atoms with van der Waals surface area (Å²) < 4.78 is 5.97. The molecule has 4 nitrogen and oxygen atoms in total. The zero-order valence-electron chi connectivity index (χ0n) is 12.1. The second-order valence-electron chi connectivity index (χ2n) is 6.02. The quantitative estimate of drug-likeness (QED) is 0.634. The molecule has 112 valence electrons. The van der Waals surface area contributed by atoms with Gasteiger partial charge in [0, 0.05) is 13.1 Å². The number of hydrogen-bond acceptors (Lipinski definition) is 4. The van der Waals surface area contributed by atoms with Crippen molar-refractivity contribution in [2.24, 2.45) is 4.99 Å². The Morgan fingerprint density at radius 1 is 1.48 bits per heavy atom. The van der Waals surface area contributed by atoms with Crippen molar-refractivity contribution in [3.8, 4) is 5.75 Å². The second-order valence-corrected chi connectivity index (χ2v) is 6.43. The van der Waals surface area contributed by atoms with Crippen LogP contribution in [0.3, 0.4) is 0 Å². The van der Waals surface area contributed by atoms with E-state index >= 15 is 0 Å². The molecular formula is C16H19ClN2O2. The molecule has 1 heterocycles. The smallest absolute Gasteiger partial charge is 0.235 e. The summed E-state index contributed by atoms with van der Waals surface area (Å²) in [4.78, 5) is 16.9. The van der Waals surface area contributed by atoms with Gasteiger partial charge in [0.1, 0.15) is 11.9 Å². The van der Waals surface area contributed by atoms with Crippen molar-refractivity contribution in [2.75, 3.05) is 20.1 Å². The molecule has 2 fully saturated rings. The number of benzene rings is 1. The summed E-state index contributed by atoms with van der Waals surface area (Å²) in [6.45, 7) is 1.98. The van der Waals surface area contributed by atoms with E-state index in [9.17, 15) is 4.79 Å². The fourth-order valence-corrected chi connectivity index (χ4v) is 3.35. The largest absolute Gasteiger partial charge is 0.487 e. The first-order valence-electron chi connectivity index (χ1n) is 7.37. The molecule has 1 aromatic rings. The molecule has 21 heavy (non-hydrogen) atoms. The molecule has 1 aliphatic heterocycles. The summed E-state index contributed by atoms with van der Waals surface area (Å²) in [5, 5.41) is 0.592. The van der Waals surface area contributed by atoms with Crippen molar-refractivity contribution >= 4 is 17.7 Å². The minimum Gasteiger partial charge on any atom is -0.487 e. The van der Waals surface area contributed by atoms with E-state index in [4.69, 9.17) is 16.3 Å². The molecule has 0 bridgehead atoms. The number of rotatable bonds is 4. The number of carbonyl (C=O) groups excluding carboxylic acids is 1. The van der Waals surface area contributed by atoms with Crippen molar-refractivity contribution in [3.63, 3.8) is 0 Å². The van der Waals surface area contributed by atoms with Crippen molar-refractivity contribution < 1.29 is 9.53 Å². The fraction of sp³-hybridized carbons (Fsp3) is 0.562. The van der Waals surface area contributed by atoms with E-state index in [1.165, 1.54) is 0 Å². The van der Waals surface area contributed by atoms with Gasteiger partial charge in [-0.3, -0.25) is 0 Å². The highest BCUT2D eigenvalue weighted by atomic mass is 35.5. The molecule has 1 saturated carbocycles. The monoisotopic (exact) mass is 306 g/mol. The van der Waals surface area contributed by atoms with Crippen LogP contribution in [-0.2, 0) is 10.3 Å². The predicted octanol–water partition coefficient (Wildman–Crippen LogP) is 3.14. The van der Waals surface area contributed by atoms with Gasteiger partial charge in [0.25, 0.3) is 0 Å². The fourth-order valence-electron chi connectivity index (χ4n) is 3.12. The minimum absolute atomic E-state index is 0.198. The number of nitrogens with zero attached hydrogens (tertiary/aromatic N) is 2. The molecule has 2 aliphatic rings. The Bertz CT molecular complexity index is 580. The van der Waals surface area contributed by atoms with Crippen molar-refractivity contribution in [1.82, 2.24) is 4.90 Å². The number of likely N-dealkylation sites (tertiary alicyclic amines) is 1. The van der Waals surface area contributed by atoms with Crippen LogP contribution in [0, 0.1) is 0 Å². The van der Waals surface area contributed by atoms with Crippen LogP contribution in [-0.4, -0.2) is 37.2 Å². The first-order valence-corrected chi connectivity index (χ1v) is 7.75. The number of likely N-dealkylation sites (N-methyl/N-ethyl adjacent to an activating group) is 1. The van der Waals surface area contributed by atoms with Crippen molar-refractivity contribution in [3.05, 3.63) is 28.8 Å². The van der Waals surface area contributed by atoms with Crippen LogP contribution in [0.15, 0.2) is 23.2 Å². The Kier molecular flexibility index (Phi) is 4.03. The molecule has 5 heteroatoms. The highest BCUT2D eigenvalue weighted by Gasteiger charge is 2.39. The van der Waals surface area contributed by atoms with Crippen LogP contribution in [0.25, 0.3) is 0 Å².